The van der Waals surface area contributed by atoms with Gasteiger partial charge in [-0.1, -0.05) is 6.07 Å². The molecule has 1 aromatic rings. The van der Waals surface area contributed by atoms with E-state index in [0.717, 1.165) is 12.8 Å². The minimum Gasteiger partial charge on any atom is -0.337 e. The highest BCUT2D eigenvalue weighted by atomic mass is 32.2. The van der Waals surface area contributed by atoms with Crippen molar-refractivity contribution < 1.29 is 13.2 Å². The molecule has 2 aliphatic heterocycles. The summed E-state index contributed by atoms with van der Waals surface area (Å²) in [4.78, 5) is 18.5. The van der Waals surface area contributed by atoms with Crippen molar-refractivity contribution in [3.63, 3.8) is 0 Å². The highest BCUT2D eigenvalue weighted by Crippen LogP contribution is 2.26. The summed E-state index contributed by atoms with van der Waals surface area (Å²) in [5.41, 5.74) is 6.49. The first-order valence-electron chi connectivity index (χ1n) is 7.84. The molecule has 1 aromatic heterocycles. The van der Waals surface area contributed by atoms with E-state index in [1.54, 1.807) is 29.3 Å². The van der Waals surface area contributed by atoms with Gasteiger partial charge in [0.25, 0.3) is 5.91 Å². The van der Waals surface area contributed by atoms with Crippen LogP contribution in [0.3, 0.4) is 0 Å². The summed E-state index contributed by atoms with van der Waals surface area (Å²) in [6.07, 6.45) is 4.67. The van der Waals surface area contributed by atoms with Crippen molar-refractivity contribution in [1.82, 2.24) is 20.7 Å². The van der Waals surface area contributed by atoms with Gasteiger partial charge in [0.1, 0.15) is 5.69 Å². The number of aromatic nitrogens is 1. The van der Waals surface area contributed by atoms with Crippen LogP contribution < -0.4 is 10.9 Å². The summed E-state index contributed by atoms with van der Waals surface area (Å²) in [5, 5.41) is -0.447. The van der Waals surface area contributed by atoms with E-state index in [0.29, 0.717) is 25.3 Å². The number of pyridine rings is 1. The molecular formula is C15H22N4O3S. The van der Waals surface area contributed by atoms with Crippen LogP contribution in [0.2, 0.25) is 0 Å². The second kappa shape index (κ2) is 6.54. The topological polar surface area (TPSA) is 91.4 Å². The Morgan fingerprint density at radius 2 is 2.22 bits per heavy atom. The van der Waals surface area contributed by atoms with E-state index in [4.69, 9.17) is 0 Å². The Morgan fingerprint density at radius 1 is 1.39 bits per heavy atom. The summed E-state index contributed by atoms with van der Waals surface area (Å²) in [6, 6.07) is 5.12. The fourth-order valence-electron chi connectivity index (χ4n) is 3.48. The molecule has 0 spiro atoms. The number of hydrazine groups is 1. The van der Waals surface area contributed by atoms with Crippen LogP contribution in [-0.4, -0.2) is 61.4 Å². The molecule has 2 N–H and O–H groups in total. The van der Waals surface area contributed by atoms with Crippen molar-refractivity contribution in [3.05, 3.63) is 30.1 Å². The van der Waals surface area contributed by atoms with Gasteiger partial charge in [-0.2, -0.15) is 0 Å². The van der Waals surface area contributed by atoms with Crippen LogP contribution in [0.25, 0.3) is 0 Å². The normalized spacial score (nSPS) is 28.7. The molecule has 0 saturated carbocycles. The molecule has 0 bridgehead atoms. The number of nitrogens with one attached hydrogen (secondary N) is 2. The Kier molecular flexibility index (Phi) is 4.65. The summed E-state index contributed by atoms with van der Waals surface area (Å²) >= 11 is 0. The van der Waals surface area contributed by atoms with Crippen molar-refractivity contribution in [2.75, 3.05) is 25.9 Å². The predicted molar refractivity (Wildman–Crippen MR) is 86.4 cm³/mol. The first-order valence-corrected chi connectivity index (χ1v) is 9.80. The number of rotatable bonds is 3. The number of piperidine rings is 1. The SMILES string of the molecule is CS(=O)(=O)C1CNNC1C1CCCN(C(=O)c2ccccn2)C1. The van der Waals surface area contributed by atoms with Gasteiger partial charge in [0.05, 0.1) is 5.25 Å². The molecule has 2 aliphatic rings. The molecule has 2 saturated heterocycles. The highest BCUT2D eigenvalue weighted by molar-refractivity contribution is 7.91. The van der Waals surface area contributed by atoms with Crippen LogP contribution in [0.5, 0.6) is 0 Å². The predicted octanol–water partition coefficient (Wildman–Crippen LogP) is -0.177. The van der Waals surface area contributed by atoms with Gasteiger partial charge in [-0.15, -0.1) is 0 Å². The van der Waals surface area contributed by atoms with E-state index in [1.165, 1.54) is 6.26 Å². The van der Waals surface area contributed by atoms with Gasteiger partial charge < -0.3 is 4.90 Å². The van der Waals surface area contributed by atoms with E-state index < -0.39 is 15.1 Å². The maximum Gasteiger partial charge on any atom is 0.272 e. The van der Waals surface area contributed by atoms with Gasteiger partial charge >= 0.3 is 0 Å². The number of nitrogens with zero attached hydrogens (tertiary/aromatic N) is 2. The molecule has 23 heavy (non-hydrogen) atoms. The van der Waals surface area contributed by atoms with Gasteiger partial charge in [-0.3, -0.25) is 20.6 Å². The van der Waals surface area contributed by atoms with Crippen molar-refractivity contribution in [3.8, 4) is 0 Å². The molecule has 7 nitrogen and oxygen atoms in total. The Hall–Kier alpha value is -1.51. The number of likely N-dealkylation sites (tertiary alicyclic amines) is 1. The average Bonchev–Trinajstić information content (AvgIpc) is 3.05. The number of amides is 1. The average molecular weight is 338 g/mol. The molecule has 8 heteroatoms. The number of hydrogen-bond donors (Lipinski definition) is 2. The molecular weight excluding hydrogens is 316 g/mol. The standard InChI is InChI=1S/C15H22N4O3S/c1-23(21,22)13-9-17-18-14(13)11-5-4-8-19(10-11)15(20)12-6-2-3-7-16-12/h2-3,6-7,11,13-14,17-18H,4-5,8-10H2,1H3. The van der Waals surface area contributed by atoms with E-state index in [9.17, 15) is 13.2 Å². The second-order valence-electron chi connectivity index (χ2n) is 6.29. The Morgan fingerprint density at radius 3 is 2.91 bits per heavy atom. The zero-order valence-electron chi connectivity index (χ0n) is 13.1. The molecule has 3 atom stereocenters. The van der Waals surface area contributed by atoms with Crippen LogP contribution in [-0.2, 0) is 9.84 Å². The van der Waals surface area contributed by atoms with Crippen LogP contribution in [0, 0.1) is 5.92 Å². The largest absolute Gasteiger partial charge is 0.337 e. The quantitative estimate of drug-likeness (QED) is 0.795. The highest BCUT2D eigenvalue weighted by Gasteiger charge is 2.41. The van der Waals surface area contributed by atoms with Gasteiger partial charge in [-0.25, -0.2) is 8.42 Å². The lowest BCUT2D eigenvalue weighted by molar-refractivity contribution is 0.0644. The molecule has 1 amide bonds. The molecule has 3 unspecified atom stereocenters. The number of carbonyl (C=O) groups excluding carboxylic acids is 1. The molecule has 0 radical (unpaired) electrons. The summed E-state index contributed by atoms with van der Waals surface area (Å²) in [5.74, 6) is 0.0308. The minimum absolute atomic E-state index is 0.0860. The smallest absolute Gasteiger partial charge is 0.272 e. The lowest BCUT2D eigenvalue weighted by Crippen LogP contribution is -2.51. The lowest BCUT2D eigenvalue weighted by Gasteiger charge is -2.36. The Bertz CT molecular complexity index is 665. The van der Waals surface area contributed by atoms with Gasteiger partial charge in [0.15, 0.2) is 9.84 Å². The fraction of sp³-hybridized carbons (Fsp3) is 0.600. The van der Waals surface area contributed by atoms with Crippen molar-refractivity contribution >= 4 is 15.7 Å². The number of sulfone groups is 1. The third-order valence-corrected chi connectivity index (χ3v) is 6.22. The van der Waals surface area contributed by atoms with Gasteiger partial charge in [0, 0.05) is 38.1 Å². The molecule has 2 fully saturated rings. The summed E-state index contributed by atoms with van der Waals surface area (Å²) in [7, 11) is -3.13. The van der Waals surface area contributed by atoms with Gasteiger partial charge in [-0.05, 0) is 30.9 Å². The Labute approximate surface area is 136 Å². The van der Waals surface area contributed by atoms with Crippen molar-refractivity contribution in [2.24, 2.45) is 5.92 Å². The van der Waals surface area contributed by atoms with E-state index in [-0.39, 0.29) is 17.9 Å². The summed E-state index contributed by atoms with van der Waals surface area (Å²) in [6.45, 7) is 1.66. The first kappa shape index (κ1) is 16.4. The van der Waals surface area contributed by atoms with Crippen LogP contribution in [0.4, 0.5) is 0 Å². The fourth-order valence-corrected chi connectivity index (χ4v) is 4.68. The molecule has 0 aromatic carbocycles. The van der Waals surface area contributed by atoms with Crippen LogP contribution in [0.15, 0.2) is 24.4 Å². The molecule has 126 valence electrons. The first-order chi connectivity index (χ1) is 11.0. The van der Waals surface area contributed by atoms with Crippen molar-refractivity contribution in [1.29, 1.82) is 0 Å². The van der Waals surface area contributed by atoms with Crippen molar-refractivity contribution in [2.45, 2.75) is 24.1 Å². The maximum atomic E-state index is 12.5. The van der Waals surface area contributed by atoms with Gasteiger partial charge in [0.2, 0.25) is 0 Å². The summed E-state index contributed by atoms with van der Waals surface area (Å²) < 4.78 is 23.9. The van der Waals surface area contributed by atoms with E-state index in [1.807, 2.05) is 0 Å². The number of hydrogen-bond acceptors (Lipinski definition) is 6. The monoisotopic (exact) mass is 338 g/mol. The van der Waals surface area contributed by atoms with Crippen LogP contribution >= 0.6 is 0 Å². The minimum atomic E-state index is -3.13. The Balaban J connectivity index is 1.72. The molecule has 3 heterocycles. The zero-order chi connectivity index (χ0) is 16.4. The molecule has 0 aliphatic carbocycles. The second-order valence-corrected chi connectivity index (χ2v) is 8.55. The lowest BCUT2D eigenvalue weighted by atomic mass is 9.89. The van der Waals surface area contributed by atoms with E-state index >= 15 is 0 Å². The maximum absolute atomic E-state index is 12.5. The van der Waals surface area contributed by atoms with Crippen LogP contribution in [0.1, 0.15) is 23.3 Å². The third-order valence-electron chi connectivity index (χ3n) is 4.66. The number of carbonyl (C=O) groups is 1. The third kappa shape index (κ3) is 3.54. The molecule has 3 rings (SSSR count). The zero-order valence-corrected chi connectivity index (χ0v) is 13.9. The van der Waals surface area contributed by atoms with E-state index in [2.05, 4.69) is 15.8 Å².